The standard InChI is InChI=1S/C20H23F3N2O3S/c21-20(22,23)15-29(26,27)25(14-16-6-5-11-24-13-16)17-7-4-10-19(12-17)28-18-8-2-1-3-9-18/h4-7,10-13,18H,1-3,8-9,14-15H2. The second-order valence-electron chi connectivity index (χ2n) is 7.11. The minimum Gasteiger partial charge on any atom is -0.490 e. The van der Waals surface area contributed by atoms with Crippen LogP contribution in [0.3, 0.4) is 0 Å². The number of ether oxygens (including phenoxy) is 1. The number of benzene rings is 1. The number of nitrogens with zero attached hydrogens (tertiary/aromatic N) is 2. The molecule has 1 aliphatic rings. The van der Waals surface area contributed by atoms with Crippen molar-refractivity contribution in [1.82, 2.24) is 4.98 Å². The number of anilines is 1. The van der Waals surface area contributed by atoms with Crippen molar-refractivity contribution in [3.63, 3.8) is 0 Å². The molecule has 0 aliphatic heterocycles. The first-order valence-corrected chi connectivity index (χ1v) is 11.1. The summed E-state index contributed by atoms with van der Waals surface area (Å²) in [5.74, 6) is -1.48. The fourth-order valence-corrected chi connectivity index (χ4v) is 4.73. The second-order valence-corrected chi connectivity index (χ2v) is 9.01. The maximum absolute atomic E-state index is 12.9. The van der Waals surface area contributed by atoms with Crippen LogP contribution >= 0.6 is 0 Å². The molecule has 0 radical (unpaired) electrons. The Morgan fingerprint density at radius 1 is 1.10 bits per heavy atom. The SMILES string of the molecule is O=S(=O)(CC(F)(F)F)N(Cc1cccnc1)c1cccc(OC2CCCCC2)c1. The van der Waals surface area contributed by atoms with E-state index in [2.05, 4.69) is 4.98 Å². The van der Waals surface area contributed by atoms with Gasteiger partial charge < -0.3 is 4.74 Å². The molecule has 0 N–H and O–H groups in total. The van der Waals surface area contributed by atoms with Crippen LogP contribution in [0.1, 0.15) is 37.7 Å². The van der Waals surface area contributed by atoms with Gasteiger partial charge in [0.2, 0.25) is 10.0 Å². The van der Waals surface area contributed by atoms with Gasteiger partial charge in [-0.3, -0.25) is 9.29 Å². The van der Waals surface area contributed by atoms with Crippen LogP contribution in [0.25, 0.3) is 0 Å². The predicted octanol–water partition coefficient (Wildman–Crippen LogP) is 4.69. The van der Waals surface area contributed by atoms with Crippen LogP contribution in [-0.2, 0) is 16.6 Å². The Kier molecular flexibility index (Phi) is 6.66. The highest BCUT2D eigenvalue weighted by atomic mass is 32.2. The number of hydrogen-bond donors (Lipinski definition) is 0. The molecular weight excluding hydrogens is 405 g/mol. The van der Waals surface area contributed by atoms with Crippen molar-refractivity contribution >= 4 is 15.7 Å². The number of sulfonamides is 1. The average Bonchev–Trinajstić information content (AvgIpc) is 2.66. The van der Waals surface area contributed by atoms with E-state index in [-0.39, 0.29) is 18.3 Å². The molecule has 1 aromatic carbocycles. The van der Waals surface area contributed by atoms with Crippen molar-refractivity contribution < 1.29 is 26.3 Å². The van der Waals surface area contributed by atoms with Gasteiger partial charge in [0.1, 0.15) is 5.75 Å². The molecule has 2 aromatic rings. The molecule has 3 rings (SSSR count). The molecule has 29 heavy (non-hydrogen) atoms. The van der Waals surface area contributed by atoms with Crippen molar-refractivity contribution in [3.05, 3.63) is 54.4 Å². The lowest BCUT2D eigenvalue weighted by Crippen LogP contribution is -2.37. The normalized spacial score (nSPS) is 15.8. The quantitative estimate of drug-likeness (QED) is 0.642. The zero-order valence-corrected chi connectivity index (χ0v) is 16.6. The number of hydrogen-bond acceptors (Lipinski definition) is 4. The third kappa shape index (κ3) is 6.35. The van der Waals surface area contributed by atoms with Crippen LogP contribution in [0.15, 0.2) is 48.8 Å². The molecule has 1 aromatic heterocycles. The molecule has 1 aliphatic carbocycles. The van der Waals surface area contributed by atoms with E-state index in [1.807, 2.05) is 0 Å². The molecule has 0 unspecified atom stereocenters. The molecule has 0 saturated heterocycles. The summed E-state index contributed by atoms with van der Waals surface area (Å²) >= 11 is 0. The summed E-state index contributed by atoms with van der Waals surface area (Å²) in [6.07, 6.45) is 3.25. The fourth-order valence-electron chi connectivity index (χ4n) is 3.38. The molecule has 0 spiro atoms. The molecule has 9 heteroatoms. The highest BCUT2D eigenvalue weighted by molar-refractivity contribution is 7.92. The van der Waals surface area contributed by atoms with Crippen LogP contribution in [-0.4, -0.2) is 31.4 Å². The van der Waals surface area contributed by atoms with Crippen molar-refractivity contribution in [2.24, 2.45) is 0 Å². The first kappa shape index (κ1) is 21.4. The molecule has 158 valence electrons. The molecular formula is C20H23F3N2O3S. The van der Waals surface area contributed by atoms with E-state index in [1.165, 1.54) is 24.5 Å². The van der Waals surface area contributed by atoms with E-state index < -0.39 is 22.0 Å². The lowest BCUT2D eigenvalue weighted by molar-refractivity contribution is -0.106. The summed E-state index contributed by atoms with van der Waals surface area (Å²) in [6.45, 7) is -0.251. The topological polar surface area (TPSA) is 59.5 Å². The van der Waals surface area contributed by atoms with Crippen LogP contribution in [0.4, 0.5) is 18.9 Å². The number of rotatable bonds is 7. The van der Waals surface area contributed by atoms with Gasteiger partial charge in [-0.05, 0) is 49.4 Å². The summed E-state index contributed by atoms with van der Waals surface area (Å²) in [7, 11) is -4.66. The predicted molar refractivity (Wildman–Crippen MR) is 104 cm³/mol. The van der Waals surface area contributed by atoms with Gasteiger partial charge in [0.15, 0.2) is 5.75 Å². The number of pyridine rings is 1. The van der Waals surface area contributed by atoms with Crippen LogP contribution in [0.2, 0.25) is 0 Å². The third-order valence-corrected chi connectivity index (χ3v) is 6.39. The summed E-state index contributed by atoms with van der Waals surface area (Å²) in [6, 6.07) is 9.46. The van der Waals surface area contributed by atoms with Crippen molar-refractivity contribution in [1.29, 1.82) is 0 Å². The van der Waals surface area contributed by atoms with E-state index in [9.17, 15) is 21.6 Å². The van der Waals surface area contributed by atoms with E-state index in [0.29, 0.717) is 11.3 Å². The van der Waals surface area contributed by atoms with Gasteiger partial charge in [0, 0.05) is 18.5 Å². The molecule has 1 saturated carbocycles. The smallest absolute Gasteiger partial charge is 0.404 e. The summed E-state index contributed by atoms with van der Waals surface area (Å²) < 4.78 is 70.7. The maximum atomic E-state index is 12.9. The Morgan fingerprint density at radius 3 is 2.52 bits per heavy atom. The molecule has 0 bridgehead atoms. The van der Waals surface area contributed by atoms with Gasteiger partial charge in [0.25, 0.3) is 0 Å². The first-order valence-electron chi connectivity index (χ1n) is 9.46. The summed E-state index contributed by atoms with van der Waals surface area (Å²) in [4.78, 5) is 3.91. The zero-order valence-electron chi connectivity index (χ0n) is 15.8. The summed E-state index contributed by atoms with van der Waals surface area (Å²) in [5.41, 5.74) is 0.614. The lowest BCUT2D eigenvalue weighted by atomic mass is 9.98. The van der Waals surface area contributed by atoms with E-state index in [0.717, 1.165) is 36.4 Å². The van der Waals surface area contributed by atoms with Crippen molar-refractivity contribution in [3.8, 4) is 5.75 Å². The highest BCUT2D eigenvalue weighted by Gasteiger charge is 2.38. The van der Waals surface area contributed by atoms with Gasteiger partial charge in [-0.1, -0.05) is 18.6 Å². The van der Waals surface area contributed by atoms with Gasteiger partial charge in [-0.2, -0.15) is 13.2 Å². The van der Waals surface area contributed by atoms with E-state index in [1.54, 1.807) is 24.3 Å². The maximum Gasteiger partial charge on any atom is 0.404 e. The zero-order chi connectivity index (χ0) is 20.9. The molecule has 1 fully saturated rings. The Balaban J connectivity index is 1.89. The van der Waals surface area contributed by atoms with E-state index >= 15 is 0 Å². The second kappa shape index (κ2) is 9.02. The Bertz CT molecular complexity index is 899. The van der Waals surface area contributed by atoms with Crippen LogP contribution < -0.4 is 9.04 Å². The minimum absolute atomic E-state index is 0.0394. The fraction of sp³-hybridized carbons (Fsp3) is 0.450. The lowest BCUT2D eigenvalue weighted by Gasteiger charge is -2.27. The van der Waals surface area contributed by atoms with Crippen LogP contribution in [0.5, 0.6) is 5.75 Å². The molecule has 5 nitrogen and oxygen atoms in total. The monoisotopic (exact) mass is 428 g/mol. The van der Waals surface area contributed by atoms with Gasteiger partial charge in [-0.25, -0.2) is 8.42 Å². The molecule has 0 amide bonds. The Hall–Kier alpha value is -2.29. The van der Waals surface area contributed by atoms with Crippen molar-refractivity contribution in [2.75, 3.05) is 10.1 Å². The van der Waals surface area contributed by atoms with Gasteiger partial charge in [0.05, 0.1) is 18.3 Å². The van der Waals surface area contributed by atoms with Crippen LogP contribution in [0, 0.1) is 0 Å². The summed E-state index contributed by atoms with van der Waals surface area (Å²) in [5, 5.41) is 0. The van der Waals surface area contributed by atoms with Gasteiger partial charge in [-0.15, -0.1) is 0 Å². The number of alkyl halides is 3. The van der Waals surface area contributed by atoms with Crippen molar-refractivity contribution in [2.45, 2.75) is 50.9 Å². The largest absolute Gasteiger partial charge is 0.490 e. The Morgan fingerprint density at radius 2 is 1.86 bits per heavy atom. The molecule has 1 heterocycles. The average molecular weight is 428 g/mol. The Labute approximate surface area is 168 Å². The van der Waals surface area contributed by atoms with Gasteiger partial charge >= 0.3 is 6.18 Å². The minimum atomic E-state index is -4.85. The third-order valence-electron chi connectivity index (χ3n) is 4.69. The number of halogens is 3. The molecule has 0 atom stereocenters. The first-order chi connectivity index (χ1) is 13.7. The highest BCUT2D eigenvalue weighted by Crippen LogP contribution is 2.30. The van der Waals surface area contributed by atoms with E-state index in [4.69, 9.17) is 4.74 Å². The number of aromatic nitrogens is 1.